The molecule has 0 radical (unpaired) electrons. The first-order valence-corrected chi connectivity index (χ1v) is 16.8. The van der Waals surface area contributed by atoms with Gasteiger partial charge < -0.3 is 63.4 Å². The Morgan fingerprint density at radius 2 is 1.12 bits per heavy atom. The van der Waals surface area contributed by atoms with Crippen molar-refractivity contribution in [1.82, 2.24) is 10.2 Å². The van der Waals surface area contributed by atoms with Crippen LogP contribution in [0.5, 0.6) is 0 Å². The molecule has 0 aromatic carbocycles. The highest BCUT2D eigenvalue weighted by atomic mass is 16.6. The van der Waals surface area contributed by atoms with Crippen molar-refractivity contribution in [2.75, 3.05) is 119 Å². The molecule has 15 heteroatoms. The normalized spacial score (nSPS) is 12.2. The van der Waals surface area contributed by atoms with Crippen molar-refractivity contribution < 1.29 is 57.0 Å². The summed E-state index contributed by atoms with van der Waals surface area (Å²) in [4.78, 5) is 36.9. The highest BCUT2D eigenvalue weighted by molar-refractivity contribution is 5.75. The van der Waals surface area contributed by atoms with Gasteiger partial charge >= 0.3 is 6.09 Å². The SMILES string of the molecule is CC(C)(C)OC(=O)N(CCOCCOCCOCCN)CCOCCOCCOCCC(=O)NCCOC(C)(C)COC(C)(C)CC=O. The van der Waals surface area contributed by atoms with E-state index in [1.807, 2.05) is 48.5 Å². The first-order valence-electron chi connectivity index (χ1n) is 16.8. The van der Waals surface area contributed by atoms with Crippen LogP contribution < -0.4 is 11.1 Å². The van der Waals surface area contributed by atoms with Crippen LogP contribution in [-0.2, 0) is 52.2 Å². The summed E-state index contributed by atoms with van der Waals surface area (Å²) < 4.78 is 50.0. The molecule has 3 N–H and O–H groups in total. The van der Waals surface area contributed by atoms with E-state index in [9.17, 15) is 14.4 Å². The predicted molar refractivity (Wildman–Crippen MR) is 180 cm³/mol. The minimum atomic E-state index is -0.615. The summed E-state index contributed by atoms with van der Waals surface area (Å²) in [6.07, 6.45) is 0.948. The molecule has 0 spiro atoms. The van der Waals surface area contributed by atoms with E-state index in [4.69, 9.17) is 48.4 Å². The van der Waals surface area contributed by atoms with E-state index in [0.717, 1.165) is 6.29 Å². The van der Waals surface area contributed by atoms with E-state index in [0.29, 0.717) is 118 Å². The molecule has 0 aliphatic heterocycles. The van der Waals surface area contributed by atoms with Gasteiger partial charge in [-0.3, -0.25) is 4.79 Å². The maximum atomic E-state index is 12.6. The first kappa shape index (κ1) is 46.0. The Labute approximate surface area is 288 Å². The van der Waals surface area contributed by atoms with Gasteiger partial charge in [0.1, 0.15) is 11.9 Å². The van der Waals surface area contributed by atoms with Crippen molar-refractivity contribution in [3.05, 3.63) is 0 Å². The van der Waals surface area contributed by atoms with Gasteiger partial charge in [-0.05, 0) is 48.5 Å². The number of carbonyl (C=O) groups is 3. The Balaban J connectivity index is 3.93. The van der Waals surface area contributed by atoms with Gasteiger partial charge in [-0.2, -0.15) is 0 Å². The van der Waals surface area contributed by atoms with Crippen LogP contribution in [0.4, 0.5) is 4.79 Å². The van der Waals surface area contributed by atoms with E-state index >= 15 is 0 Å². The number of nitrogens with two attached hydrogens (primary N) is 1. The molecular weight excluding hydrogens is 630 g/mol. The fourth-order valence-electron chi connectivity index (χ4n) is 3.58. The number of hydrogen-bond acceptors (Lipinski definition) is 13. The standard InChI is InChI=1S/C33H65N3O12/c1-31(2,3)48-30(39)36(13-19-43-23-27-45-25-21-41-16-10-34)12-18-42-22-26-44-24-20-40-15-8-29(38)35-11-17-46-33(6,7)28-47-32(4,5)9-14-37/h14H,8-13,15-28,34H2,1-7H3,(H,35,38). The molecule has 0 aliphatic carbocycles. The van der Waals surface area contributed by atoms with Crippen LogP contribution in [0.15, 0.2) is 0 Å². The molecule has 0 atom stereocenters. The molecule has 0 rings (SSSR count). The number of nitrogens with one attached hydrogen (secondary N) is 1. The Morgan fingerprint density at radius 3 is 1.60 bits per heavy atom. The van der Waals surface area contributed by atoms with Crippen LogP contribution in [0.2, 0.25) is 0 Å². The molecule has 284 valence electrons. The largest absolute Gasteiger partial charge is 0.444 e. The molecule has 0 bridgehead atoms. The van der Waals surface area contributed by atoms with E-state index in [1.54, 1.807) is 4.90 Å². The predicted octanol–water partition coefficient (Wildman–Crippen LogP) is 1.97. The van der Waals surface area contributed by atoms with Gasteiger partial charge in [0, 0.05) is 39.0 Å². The molecular formula is C33H65N3O12. The van der Waals surface area contributed by atoms with Crippen molar-refractivity contribution in [3.63, 3.8) is 0 Å². The summed E-state index contributed by atoms with van der Waals surface area (Å²) in [5.74, 6) is -0.129. The van der Waals surface area contributed by atoms with E-state index in [1.165, 1.54) is 0 Å². The van der Waals surface area contributed by atoms with Gasteiger partial charge in [-0.15, -0.1) is 0 Å². The summed E-state index contributed by atoms with van der Waals surface area (Å²) in [7, 11) is 0. The lowest BCUT2D eigenvalue weighted by Gasteiger charge is -2.31. The summed E-state index contributed by atoms with van der Waals surface area (Å²) in [6.45, 7) is 19.9. The minimum Gasteiger partial charge on any atom is -0.444 e. The topological polar surface area (TPSA) is 176 Å². The third-order valence-corrected chi connectivity index (χ3v) is 6.19. The van der Waals surface area contributed by atoms with E-state index < -0.39 is 22.9 Å². The van der Waals surface area contributed by atoms with Gasteiger partial charge in [0.25, 0.3) is 0 Å². The average molecular weight is 696 g/mol. The number of hydrogen-bond donors (Lipinski definition) is 2. The second kappa shape index (κ2) is 27.8. The molecule has 15 nitrogen and oxygen atoms in total. The van der Waals surface area contributed by atoms with Crippen LogP contribution in [0.25, 0.3) is 0 Å². The Bertz CT molecular complexity index is 824. The Morgan fingerprint density at radius 1 is 0.646 bits per heavy atom. The van der Waals surface area contributed by atoms with E-state index in [-0.39, 0.29) is 18.9 Å². The third kappa shape index (κ3) is 30.1. The number of ether oxygens (including phenoxy) is 9. The highest BCUT2D eigenvalue weighted by Crippen LogP contribution is 2.18. The zero-order chi connectivity index (χ0) is 36.2. The zero-order valence-electron chi connectivity index (χ0n) is 30.6. The number of aldehydes is 1. The Kier molecular flexibility index (Phi) is 26.7. The van der Waals surface area contributed by atoms with Crippen molar-refractivity contribution in [2.24, 2.45) is 5.73 Å². The summed E-state index contributed by atoms with van der Waals surface area (Å²) >= 11 is 0. The smallest absolute Gasteiger partial charge is 0.410 e. The highest BCUT2D eigenvalue weighted by Gasteiger charge is 2.25. The molecule has 0 aliphatic rings. The van der Waals surface area contributed by atoms with Crippen LogP contribution >= 0.6 is 0 Å². The van der Waals surface area contributed by atoms with E-state index in [2.05, 4.69) is 5.32 Å². The fourth-order valence-corrected chi connectivity index (χ4v) is 3.58. The van der Waals surface area contributed by atoms with Gasteiger partial charge in [0.2, 0.25) is 5.91 Å². The quantitative estimate of drug-likeness (QED) is 0.0773. The molecule has 48 heavy (non-hydrogen) atoms. The molecule has 0 unspecified atom stereocenters. The fraction of sp³-hybridized carbons (Fsp3) is 0.909. The average Bonchev–Trinajstić information content (AvgIpc) is 3.00. The maximum Gasteiger partial charge on any atom is 0.410 e. The van der Waals surface area contributed by atoms with Crippen molar-refractivity contribution in [1.29, 1.82) is 0 Å². The monoisotopic (exact) mass is 695 g/mol. The van der Waals surface area contributed by atoms with Crippen LogP contribution in [-0.4, -0.2) is 159 Å². The van der Waals surface area contributed by atoms with Gasteiger partial charge in [0.15, 0.2) is 0 Å². The van der Waals surface area contributed by atoms with Crippen LogP contribution in [0.3, 0.4) is 0 Å². The number of amides is 2. The zero-order valence-corrected chi connectivity index (χ0v) is 30.6. The summed E-state index contributed by atoms with van der Waals surface area (Å²) in [5, 5.41) is 2.80. The van der Waals surface area contributed by atoms with Gasteiger partial charge in [-0.1, -0.05) is 0 Å². The summed E-state index contributed by atoms with van der Waals surface area (Å²) in [5.41, 5.74) is 3.66. The molecule has 2 amide bonds. The number of rotatable bonds is 32. The maximum absolute atomic E-state index is 12.6. The molecule has 0 fully saturated rings. The lowest BCUT2D eigenvalue weighted by molar-refractivity contribution is -0.131. The molecule has 0 saturated carbocycles. The molecule has 0 aromatic heterocycles. The number of nitrogens with zero attached hydrogens (tertiary/aromatic N) is 1. The Hall–Kier alpha value is -1.95. The van der Waals surface area contributed by atoms with Gasteiger partial charge in [-0.25, -0.2) is 4.79 Å². The number of carbonyl (C=O) groups excluding carboxylic acids is 3. The van der Waals surface area contributed by atoms with Crippen LogP contribution in [0, 0.1) is 0 Å². The van der Waals surface area contributed by atoms with Crippen molar-refractivity contribution >= 4 is 18.3 Å². The minimum absolute atomic E-state index is 0.129. The lowest BCUT2D eigenvalue weighted by atomic mass is 10.1. The molecule has 0 heterocycles. The second-order valence-electron chi connectivity index (χ2n) is 13.1. The van der Waals surface area contributed by atoms with Crippen molar-refractivity contribution in [3.8, 4) is 0 Å². The lowest BCUT2D eigenvalue weighted by Crippen LogP contribution is -2.40. The first-order chi connectivity index (χ1) is 22.7. The third-order valence-electron chi connectivity index (χ3n) is 6.19. The summed E-state index contributed by atoms with van der Waals surface area (Å²) in [6, 6.07) is 0. The molecule has 0 saturated heterocycles. The molecule has 0 aromatic rings. The second-order valence-corrected chi connectivity index (χ2v) is 13.1. The van der Waals surface area contributed by atoms with Gasteiger partial charge in [0.05, 0.1) is 104 Å². The van der Waals surface area contributed by atoms with Crippen LogP contribution in [0.1, 0.15) is 61.3 Å². The van der Waals surface area contributed by atoms with Crippen molar-refractivity contribution in [2.45, 2.75) is 78.1 Å².